The Bertz CT molecular complexity index is 2000. The molecule has 3 aromatic heterocycles. The molecule has 0 aliphatic carbocycles. The Morgan fingerprint density at radius 1 is 1.10 bits per heavy atom. The molecule has 0 unspecified atom stereocenters. The number of aromatic nitrogens is 5. The first kappa shape index (κ1) is 33.4. The smallest absolute Gasteiger partial charge is 0.407 e. The lowest BCUT2D eigenvalue weighted by Crippen LogP contribution is -2.47. The fraction of sp³-hybridized carbons (Fsp3) is 0.400. The standard InChI is InChI=1S/C35H40FN7O4S/c1-22-39-28(19-48-22)25-10-11-26(27(36)16-25)18-42-14-12-35(46,13-15-42)20-43-21-38-29-30(32(43)44)40-41(5)31(29)24-8-6-23(7-9-24)17-37-33(45)47-34(2,3)4/h6-11,16,19,21,46H,12-15,17-18,20H2,1-5H3,(H,37,45). The summed E-state index contributed by atoms with van der Waals surface area (Å²) in [5.74, 6) is -0.272. The van der Waals surface area contributed by atoms with Crippen LogP contribution in [-0.4, -0.2) is 64.7 Å². The van der Waals surface area contributed by atoms with Crippen LogP contribution in [0.4, 0.5) is 9.18 Å². The van der Waals surface area contributed by atoms with Crippen LogP contribution in [0, 0.1) is 12.7 Å². The normalized spacial score (nSPS) is 15.1. The lowest BCUT2D eigenvalue weighted by molar-refractivity contribution is -0.0366. The van der Waals surface area contributed by atoms with Crippen LogP contribution in [-0.2, 0) is 31.4 Å². The minimum Gasteiger partial charge on any atom is -0.444 e. The van der Waals surface area contributed by atoms with E-state index in [9.17, 15) is 19.1 Å². The van der Waals surface area contributed by atoms with Crippen molar-refractivity contribution in [2.45, 2.75) is 71.4 Å². The topological polar surface area (TPSA) is 127 Å². The van der Waals surface area contributed by atoms with Gasteiger partial charge in [0.2, 0.25) is 0 Å². The summed E-state index contributed by atoms with van der Waals surface area (Å²) in [6.07, 6.45) is 1.84. The van der Waals surface area contributed by atoms with Crippen molar-refractivity contribution in [3.05, 3.63) is 86.5 Å². The van der Waals surface area contributed by atoms with Gasteiger partial charge in [-0.15, -0.1) is 11.3 Å². The van der Waals surface area contributed by atoms with Crippen molar-refractivity contribution in [2.75, 3.05) is 13.1 Å². The van der Waals surface area contributed by atoms with E-state index in [4.69, 9.17) is 4.74 Å². The number of piperidine rings is 1. The number of alkyl carbamates (subject to hydrolysis) is 1. The Hall–Kier alpha value is -4.46. The molecule has 2 aromatic carbocycles. The molecule has 1 aliphatic rings. The van der Waals surface area contributed by atoms with E-state index >= 15 is 0 Å². The highest BCUT2D eigenvalue weighted by Crippen LogP contribution is 2.29. The quantitative estimate of drug-likeness (QED) is 0.224. The van der Waals surface area contributed by atoms with Crippen molar-refractivity contribution in [3.63, 3.8) is 0 Å². The number of carbonyl (C=O) groups is 1. The molecule has 13 heteroatoms. The van der Waals surface area contributed by atoms with E-state index in [2.05, 4.69) is 25.3 Å². The van der Waals surface area contributed by atoms with Crippen molar-refractivity contribution >= 4 is 28.5 Å². The van der Waals surface area contributed by atoms with Gasteiger partial charge >= 0.3 is 6.09 Å². The minimum atomic E-state index is -1.11. The lowest BCUT2D eigenvalue weighted by atomic mass is 9.91. The number of likely N-dealkylation sites (tertiary alicyclic amines) is 1. The van der Waals surface area contributed by atoms with Crippen molar-refractivity contribution in [2.24, 2.45) is 7.05 Å². The Morgan fingerprint density at radius 2 is 1.81 bits per heavy atom. The second-order valence-electron chi connectivity index (χ2n) is 13.5. The molecule has 1 fully saturated rings. The number of aliphatic hydroxyl groups is 1. The highest BCUT2D eigenvalue weighted by atomic mass is 32.1. The van der Waals surface area contributed by atoms with Crippen molar-refractivity contribution in [1.29, 1.82) is 0 Å². The SMILES string of the molecule is Cc1nc(-c2ccc(CN3CCC(O)(Cn4cnc5c(-c6ccc(CNC(=O)OC(C)(C)C)cc6)n(C)nc5c4=O)CC3)c(F)c2)cs1. The summed E-state index contributed by atoms with van der Waals surface area (Å²) in [6.45, 7) is 9.31. The molecule has 48 heavy (non-hydrogen) atoms. The molecule has 0 bridgehead atoms. The van der Waals surface area contributed by atoms with Crippen LogP contribution >= 0.6 is 11.3 Å². The van der Waals surface area contributed by atoms with Gasteiger partial charge in [0.25, 0.3) is 5.56 Å². The number of carbonyl (C=O) groups excluding carboxylic acids is 1. The van der Waals surface area contributed by atoms with E-state index in [-0.39, 0.29) is 23.4 Å². The van der Waals surface area contributed by atoms with Gasteiger partial charge in [-0.25, -0.2) is 19.2 Å². The maximum absolute atomic E-state index is 15.0. The van der Waals surface area contributed by atoms with Crippen molar-refractivity contribution < 1.29 is 19.0 Å². The van der Waals surface area contributed by atoms with E-state index in [1.807, 2.05) is 63.4 Å². The summed E-state index contributed by atoms with van der Waals surface area (Å²) < 4.78 is 23.4. The number of aryl methyl sites for hydroxylation is 2. The third-order valence-corrected chi connectivity index (χ3v) is 9.26. The third-order valence-electron chi connectivity index (χ3n) is 8.49. The number of amides is 1. The van der Waals surface area contributed by atoms with Crippen LogP contribution in [0.5, 0.6) is 0 Å². The van der Waals surface area contributed by atoms with Gasteiger partial charge in [-0.3, -0.25) is 18.9 Å². The molecule has 5 aromatic rings. The molecule has 4 heterocycles. The van der Waals surface area contributed by atoms with Crippen LogP contribution in [0.15, 0.2) is 59.0 Å². The highest BCUT2D eigenvalue weighted by molar-refractivity contribution is 7.09. The van der Waals surface area contributed by atoms with Gasteiger partial charge in [0.1, 0.15) is 16.9 Å². The van der Waals surface area contributed by atoms with Crippen LogP contribution in [0.3, 0.4) is 0 Å². The monoisotopic (exact) mass is 673 g/mol. The van der Waals surface area contributed by atoms with Crippen LogP contribution < -0.4 is 10.9 Å². The highest BCUT2D eigenvalue weighted by Gasteiger charge is 2.34. The second kappa shape index (κ2) is 13.2. The second-order valence-corrected chi connectivity index (χ2v) is 14.5. The number of halogens is 1. The van der Waals surface area contributed by atoms with Crippen molar-refractivity contribution in [3.8, 4) is 22.5 Å². The fourth-order valence-electron chi connectivity index (χ4n) is 5.97. The fourth-order valence-corrected chi connectivity index (χ4v) is 6.60. The van der Waals surface area contributed by atoms with E-state index in [1.165, 1.54) is 28.3 Å². The summed E-state index contributed by atoms with van der Waals surface area (Å²) in [6, 6.07) is 12.8. The summed E-state index contributed by atoms with van der Waals surface area (Å²) in [5, 5.41) is 21.6. The molecule has 0 atom stereocenters. The summed E-state index contributed by atoms with van der Waals surface area (Å²) in [7, 11) is 1.76. The van der Waals surface area contributed by atoms with Gasteiger partial charge in [0.15, 0.2) is 5.52 Å². The molecular formula is C35H40FN7O4S. The Kier molecular flexibility index (Phi) is 9.20. The number of benzene rings is 2. The van der Waals surface area contributed by atoms with Gasteiger partial charge in [-0.05, 0) is 52.2 Å². The van der Waals surface area contributed by atoms with Gasteiger partial charge in [0.05, 0.1) is 34.9 Å². The summed E-state index contributed by atoms with van der Waals surface area (Å²) >= 11 is 1.54. The lowest BCUT2D eigenvalue weighted by Gasteiger charge is -2.38. The number of nitrogens with one attached hydrogen (secondary N) is 1. The van der Waals surface area contributed by atoms with Crippen LogP contribution in [0.1, 0.15) is 49.7 Å². The molecular weight excluding hydrogens is 633 g/mol. The van der Waals surface area contributed by atoms with E-state index in [1.54, 1.807) is 17.8 Å². The zero-order valence-electron chi connectivity index (χ0n) is 27.8. The van der Waals surface area contributed by atoms with Gasteiger partial charge in [-0.2, -0.15) is 5.10 Å². The molecule has 2 N–H and O–H groups in total. The molecule has 0 spiro atoms. The van der Waals surface area contributed by atoms with E-state index < -0.39 is 17.3 Å². The minimum absolute atomic E-state index is 0.0873. The zero-order chi connectivity index (χ0) is 34.2. The molecule has 1 amide bonds. The predicted molar refractivity (Wildman–Crippen MR) is 183 cm³/mol. The first-order valence-corrected chi connectivity index (χ1v) is 16.8. The molecule has 1 saturated heterocycles. The summed E-state index contributed by atoms with van der Waals surface area (Å²) in [5.41, 5.74) is 3.20. The number of ether oxygens (including phenoxy) is 1. The largest absolute Gasteiger partial charge is 0.444 e. The number of fused-ring (bicyclic) bond motifs is 1. The summed E-state index contributed by atoms with van der Waals surface area (Å²) in [4.78, 5) is 36.7. The maximum Gasteiger partial charge on any atom is 0.407 e. The van der Waals surface area contributed by atoms with Gasteiger partial charge < -0.3 is 15.2 Å². The van der Waals surface area contributed by atoms with E-state index in [0.29, 0.717) is 55.8 Å². The predicted octanol–water partition coefficient (Wildman–Crippen LogP) is 5.42. The number of hydrogen-bond donors (Lipinski definition) is 2. The first-order chi connectivity index (χ1) is 22.8. The van der Waals surface area contributed by atoms with Gasteiger partial charge in [-0.1, -0.05) is 36.4 Å². The van der Waals surface area contributed by atoms with Gasteiger partial charge in [0, 0.05) is 55.3 Å². The average molecular weight is 674 g/mol. The number of rotatable bonds is 8. The Balaban J connectivity index is 1.09. The van der Waals surface area contributed by atoms with Crippen molar-refractivity contribution in [1.82, 2.24) is 34.5 Å². The van der Waals surface area contributed by atoms with Crippen LogP contribution in [0.2, 0.25) is 0 Å². The van der Waals surface area contributed by atoms with E-state index in [0.717, 1.165) is 27.4 Å². The molecule has 252 valence electrons. The molecule has 6 rings (SSSR count). The number of hydrogen-bond acceptors (Lipinski definition) is 9. The third kappa shape index (κ3) is 7.48. The molecule has 0 radical (unpaired) electrons. The molecule has 0 saturated carbocycles. The Morgan fingerprint density at radius 3 is 2.46 bits per heavy atom. The molecule has 1 aliphatic heterocycles. The molecule has 11 nitrogen and oxygen atoms in total. The number of thiazole rings is 1. The zero-order valence-corrected chi connectivity index (χ0v) is 28.6. The first-order valence-electron chi connectivity index (χ1n) is 15.9. The maximum atomic E-state index is 15.0. The number of nitrogens with zero attached hydrogens (tertiary/aromatic N) is 6. The van der Waals surface area contributed by atoms with Crippen LogP contribution in [0.25, 0.3) is 33.5 Å². The average Bonchev–Trinajstić information content (AvgIpc) is 3.62. The Labute approximate surface area is 282 Å².